The van der Waals surface area contributed by atoms with Crippen LogP contribution in [0.1, 0.15) is 25.7 Å². The number of rotatable bonds is 4. The average molecular weight is 216 g/mol. The zero-order valence-corrected chi connectivity index (χ0v) is 8.85. The summed E-state index contributed by atoms with van der Waals surface area (Å²) in [6.45, 7) is -0.217. The van der Waals surface area contributed by atoms with Crippen molar-refractivity contribution in [3.8, 4) is 0 Å². The maximum atomic E-state index is 11.6. The molecule has 5 heteroatoms. The number of carbonyl (C=O) groups excluding carboxylic acids is 1. The van der Waals surface area contributed by atoms with E-state index >= 15 is 0 Å². The molecule has 1 aliphatic rings. The van der Waals surface area contributed by atoms with Crippen LogP contribution in [0.25, 0.3) is 0 Å². The highest BCUT2D eigenvalue weighted by atomic mass is 16.3. The molecule has 0 saturated heterocycles. The van der Waals surface area contributed by atoms with Crippen LogP contribution in [-0.4, -0.2) is 41.4 Å². The van der Waals surface area contributed by atoms with Gasteiger partial charge in [0.2, 0.25) is 5.91 Å². The minimum absolute atomic E-state index is 0.0281. The van der Waals surface area contributed by atoms with Gasteiger partial charge in [-0.05, 0) is 19.3 Å². The number of amides is 1. The van der Waals surface area contributed by atoms with Crippen LogP contribution >= 0.6 is 0 Å². The Morgan fingerprint density at radius 3 is 2.87 bits per heavy atom. The number of aliphatic hydroxyl groups excluding tert-OH is 2. The Balaban J connectivity index is 2.26. The van der Waals surface area contributed by atoms with Crippen LogP contribution in [0.3, 0.4) is 0 Å². The first-order valence-electron chi connectivity index (χ1n) is 5.45. The predicted octanol–water partition coefficient (Wildman–Crippen LogP) is -1.03. The van der Waals surface area contributed by atoms with E-state index in [4.69, 9.17) is 15.9 Å². The van der Waals surface area contributed by atoms with E-state index in [9.17, 15) is 4.79 Å². The minimum Gasteiger partial charge on any atom is -0.394 e. The lowest BCUT2D eigenvalue weighted by Crippen LogP contribution is -2.41. The molecule has 1 rings (SSSR count). The summed E-state index contributed by atoms with van der Waals surface area (Å²) in [6, 6.07) is 0.122. The number of aliphatic hydroxyl groups is 2. The Hall–Kier alpha value is -0.650. The lowest BCUT2D eigenvalue weighted by Gasteiger charge is -2.25. The molecule has 0 aromatic heterocycles. The van der Waals surface area contributed by atoms with E-state index in [0.717, 1.165) is 25.7 Å². The molecule has 0 heterocycles. The fourth-order valence-electron chi connectivity index (χ4n) is 1.89. The average Bonchev–Trinajstić information content (AvgIpc) is 2.25. The second-order valence-corrected chi connectivity index (χ2v) is 4.21. The highest BCUT2D eigenvalue weighted by Crippen LogP contribution is 2.22. The molecule has 0 aliphatic heterocycles. The van der Waals surface area contributed by atoms with Gasteiger partial charge in [-0.1, -0.05) is 6.42 Å². The van der Waals surface area contributed by atoms with E-state index in [1.165, 1.54) is 0 Å². The highest BCUT2D eigenvalue weighted by Gasteiger charge is 2.25. The molecule has 1 fully saturated rings. The van der Waals surface area contributed by atoms with Gasteiger partial charge in [0.05, 0.1) is 12.7 Å². The third kappa shape index (κ3) is 4.15. The Morgan fingerprint density at radius 2 is 2.27 bits per heavy atom. The van der Waals surface area contributed by atoms with Gasteiger partial charge in [-0.3, -0.25) is 4.79 Å². The summed E-state index contributed by atoms with van der Waals surface area (Å²) in [5, 5.41) is 20.3. The van der Waals surface area contributed by atoms with Crippen molar-refractivity contribution in [2.75, 3.05) is 13.2 Å². The maximum Gasteiger partial charge on any atom is 0.223 e. The van der Waals surface area contributed by atoms with Crippen LogP contribution in [0, 0.1) is 5.92 Å². The third-order valence-electron chi connectivity index (χ3n) is 2.81. The first kappa shape index (κ1) is 12.4. The van der Waals surface area contributed by atoms with Crippen LogP contribution in [0.15, 0.2) is 0 Å². The number of nitrogens with two attached hydrogens (primary N) is 1. The normalized spacial score (nSPS) is 28.5. The molecule has 1 amide bonds. The van der Waals surface area contributed by atoms with Crippen molar-refractivity contribution < 1.29 is 15.0 Å². The minimum atomic E-state index is -0.869. The monoisotopic (exact) mass is 216 g/mol. The molecule has 0 aromatic rings. The topological polar surface area (TPSA) is 95.6 Å². The van der Waals surface area contributed by atoms with Crippen molar-refractivity contribution in [3.05, 3.63) is 0 Å². The summed E-state index contributed by atoms with van der Waals surface area (Å²) in [5.74, 6) is -0.0858. The predicted molar refractivity (Wildman–Crippen MR) is 56.0 cm³/mol. The summed E-state index contributed by atoms with van der Waals surface area (Å²) in [4.78, 5) is 11.6. The van der Waals surface area contributed by atoms with Gasteiger partial charge in [0.25, 0.3) is 0 Å². The van der Waals surface area contributed by atoms with E-state index in [1.54, 1.807) is 0 Å². The van der Waals surface area contributed by atoms with Crippen molar-refractivity contribution in [3.63, 3.8) is 0 Å². The third-order valence-corrected chi connectivity index (χ3v) is 2.81. The molecule has 5 nitrogen and oxygen atoms in total. The summed E-state index contributed by atoms with van der Waals surface area (Å²) >= 11 is 0. The Bertz CT molecular complexity index is 211. The zero-order chi connectivity index (χ0) is 11.3. The molecule has 5 N–H and O–H groups in total. The summed E-state index contributed by atoms with van der Waals surface area (Å²) in [5.41, 5.74) is 5.78. The summed E-state index contributed by atoms with van der Waals surface area (Å²) < 4.78 is 0. The van der Waals surface area contributed by atoms with Crippen molar-refractivity contribution >= 4 is 5.91 Å². The molecule has 0 bridgehead atoms. The molecule has 3 atom stereocenters. The van der Waals surface area contributed by atoms with E-state index in [-0.39, 0.29) is 31.0 Å². The maximum absolute atomic E-state index is 11.6. The van der Waals surface area contributed by atoms with Crippen LogP contribution in [0.5, 0.6) is 0 Å². The molecule has 0 radical (unpaired) electrons. The number of hydrogen-bond acceptors (Lipinski definition) is 4. The highest BCUT2D eigenvalue weighted by molar-refractivity contribution is 5.78. The van der Waals surface area contributed by atoms with Crippen LogP contribution in [0.2, 0.25) is 0 Å². The second kappa shape index (κ2) is 6.05. The van der Waals surface area contributed by atoms with E-state index in [1.807, 2.05) is 0 Å². The largest absolute Gasteiger partial charge is 0.394 e. The van der Waals surface area contributed by atoms with Gasteiger partial charge < -0.3 is 21.3 Å². The summed E-state index contributed by atoms with van der Waals surface area (Å²) in [7, 11) is 0. The lowest BCUT2D eigenvalue weighted by atomic mass is 9.85. The number of hydrogen-bond donors (Lipinski definition) is 4. The van der Waals surface area contributed by atoms with Crippen molar-refractivity contribution in [2.24, 2.45) is 11.7 Å². The number of carbonyl (C=O) groups is 1. The van der Waals surface area contributed by atoms with Crippen LogP contribution in [0.4, 0.5) is 0 Å². The standard InChI is InChI=1S/C10H20N2O3/c11-8-3-1-2-7(4-8)10(15)12-5-9(14)6-13/h7-9,13-14H,1-6,11H2,(H,12,15). The van der Waals surface area contributed by atoms with E-state index in [0.29, 0.717) is 0 Å². The number of nitrogens with one attached hydrogen (secondary N) is 1. The van der Waals surface area contributed by atoms with E-state index in [2.05, 4.69) is 5.32 Å². The first-order chi connectivity index (χ1) is 7.13. The molecule has 0 aromatic carbocycles. The van der Waals surface area contributed by atoms with Gasteiger partial charge in [-0.15, -0.1) is 0 Å². The molecule has 1 aliphatic carbocycles. The smallest absolute Gasteiger partial charge is 0.223 e. The van der Waals surface area contributed by atoms with Gasteiger partial charge in [0, 0.05) is 18.5 Å². The zero-order valence-electron chi connectivity index (χ0n) is 8.85. The summed E-state index contributed by atoms with van der Waals surface area (Å²) in [6.07, 6.45) is 2.70. The lowest BCUT2D eigenvalue weighted by molar-refractivity contribution is -0.126. The van der Waals surface area contributed by atoms with Gasteiger partial charge in [0.15, 0.2) is 0 Å². The molecule has 15 heavy (non-hydrogen) atoms. The van der Waals surface area contributed by atoms with Crippen molar-refractivity contribution in [1.29, 1.82) is 0 Å². The second-order valence-electron chi connectivity index (χ2n) is 4.21. The SMILES string of the molecule is NC1CCCC(C(=O)NCC(O)CO)C1. The van der Waals surface area contributed by atoms with Crippen molar-refractivity contribution in [2.45, 2.75) is 37.8 Å². The van der Waals surface area contributed by atoms with Gasteiger partial charge >= 0.3 is 0 Å². The van der Waals surface area contributed by atoms with Crippen LogP contribution in [-0.2, 0) is 4.79 Å². The van der Waals surface area contributed by atoms with Gasteiger partial charge in [-0.2, -0.15) is 0 Å². The molecular formula is C10H20N2O3. The fraction of sp³-hybridized carbons (Fsp3) is 0.900. The Labute approximate surface area is 89.7 Å². The fourth-order valence-corrected chi connectivity index (χ4v) is 1.89. The van der Waals surface area contributed by atoms with Gasteiger partial charge in [0.1, 0.15) is 0 Å². The first-order valence-corrected chi connectivity index (χ1v) is 5.45. The quantitative estimate of drug-likeness (QED) is 0.483. The van der Waals surface area contributed by atoms with Crippen molar-refractivity contribution in [1.82, 2.24) is 5.32 Å². The van der Waals surface area contributed by atoms with Gasteiger partial charge in [-0.25, -0.2) is 0 Å². The van der Waals surface area contributed by atoms with Crippen LogP contribution < -0.4 is 11.1 Å². The molecular weight excluding hydrogens is 196 g/mol. The Morgan fingerprint density at radius 1 is 1.53 bits per heavy atom. The molecule has 88 valence electrons. The molecule has 3 unspecified atom stereocenters. The molecule has 1 saturated carbocycles. The van der Waals surface area contributed by atoms with E-state index < -0.39 is 6.10 Å². The Kier molecular flexibility index (Phi) is 5.01. The molecule has 0 spiro atoms.